The summed E-state index contributed by atoms with van der Waals surface area (Å²) < 4.78 is 37.3. The lowest BCUT2D eigenvalue weighted by Gasteiger charge is -2.35. The van der Waals surface area contributed by atoms with E-state index in [1.54, 1.807) is 17.2 Å². The molecule has 2 aliphatic heterocycles. The van der Waals surface area contributed by atoms with Crippen molar-refractivity contribution in [3.63, 3.8) is 0 Å². The molecule has 0 spiro atoms. The standard InChI is InChI=1S/C21H20F2N4O2/c22-21(23)14-25(11-15-5-2-1-3-6-15)13-17-18(21)27-9-8-26(20(27)24-19(17)28)12-16-7-4-10-29-16/h1-7,10H,8-9,11-14H2. The molecule has 8 heteroatoms. The van der Waals surface area contributed by atoms with E-state index in [4.69, 9.17) is 4.42 Å². The summed E-state index contributed by atoms with van der Waals surface area (Å²) in [6.45, 7) is 1.39. The number of fused-ring (bicyclic) bond motifs is 3. The third-order valence-corrected chi connectivity index (χ3v) is 5.46. The van der Waals surface area contributed by atoms with Crippen molar-refractivity contribution in [1.82, 2.24) is 14.5 Å². The topological polar surface area (TPSA) is 54.5 Å². The minimum absolute atomic E-state index is 0.0979. The third kappa shape index (κ3) is 3.23. The maximum Gasteiger partial charge on any atom is 0.300 e. The highest BCUT2D eigenvalue weighted by atomic mass is 19.3. The average molecular weight is 398 g/mol. The van der Waals surface area contributed by atoms with Crippen molar-refractivity contribution in [2.45, 2.75) is 32.1 Å². The summed E-state index contributed by atoms with van der Waals surface area (Å²) in [4.78, 5) is 20.3. The molecule has 0 bridgehead atoms. The first kappa shape index (κ1) is 18.1. The minimum atomic E-state index is -3.13. The molecule has 6 nitrogen and oxygen atoms in total. The lowest BCUT2D eigenvalue weighted by atomic mass is 10.0. The lowest BCUT2D eigenvalue weighted by Crippen LogP contribution is -2.45. The van der Waals surface area contributed by atoms with E-state index in [2.05, 4.69) is 4.98 Å². The van der Waals surface area contributed by atoms with Gasteiger partial charge in [0.15, 0.2) is 0 Å². The van der Waals surface area contributed by atoms with Gasteiger partial charge in [0.05, 0.1) is 24.9 Å². The predicted molar refractivity (Wildman–Crippen MR) is 103 cm³/mol. The normalized spacial score (nSPS) is 17.9. The Labute approximate surface area is 166 Å². The Balaban J connectivity index is 1.49. The van der Waals surface area contributed by atoms with Crippen LogP contribution in [0.2, 0.25) is 0 Å². The molecule has 2 aliphatic rings. The molecule has 0 saturated carbocycles. The van der Waals surface area contributed by atoms with Gasteiger partial charge in [0, 0.05) is 26.2 Å². The van der Waals surface area contributed by atoms with Crippen LogP contribution in [-0.4, -0.2) is 27.5 Å². The Kier molecular flexibility index (Phi) is 4.24. The molecule has 2 aromatic heterocycles. The molecule has 4 heterocycles. The van der Waals surface area contributed by atoms with Crippen molar-refractivity contribution in [3.05, 3.63) is 81.7 Å². The summed E-state index contributed by atoms with van der Waals surface area (Å²) in [5.41, 5.74) is 0.278. The maximum absolute atomic E-state index is 15.2. The van der Waals surface area contributed by atoms with Crippen LogP contribution >= 0.6 is 0 Å². The molecule has 0 N–H and O–H groups in total. The number of aromatic nitrogens is 2. The van der Waals surface area contributed by atoms with Crippen LogP contribution in [0.15, 0.2) is 57.9 Å². The molecule has 29 heavy (non-hydrogen) atoms. The highest BCUT2D eigenvalue weighted by Crippen LogP contribution is 2.38. The van der Waals surface area contributed by atoms with Crippen molar-refractivity contribution in [2.75, 3.05) is 18.0 Å². The number of benzene rings is 1. The van der Waals surface area contributed by atoms with Gasteiger partial charge in [-0.3, -0.25) is 9.69 Å². The van der Waals surface area contributed by atoms with Crippen LogP contribution in [-0.2, 0) is 32.1 Å². The summed E-state index contributed by atoms with van der Waals surface area (Å²) in [5.74, 6) is -2.13. The molecule has 0 fully saturated rings. The fourth-order valence-corrected chi connectivity index (χ4v) is 4.25. The molecule has 0 aliphatic carbocycles. The molecule has 0 unspecified atom stereocenters. The molecular formula is C21H20F2N4O2. The fourth-order valence-electron chi connectivity index (χ4n) is 4.25. The SMILES string of the molecule is O=c1nc2n(c3c1CN(Cc1ccccc1)CC3(F)F)CCN2Cc1ccco1. The molecule has 150 valence electrons. The zero-order valence-electron chi connectivity index (χ0n) is 15.7. The van der Waals surface area contributed by atoms with Crippen molar-refractivity contribution in [2.24, 2.45) is 0 Å². The van der Waals surface area contributed by atoms with E-state index in [0.29, 0.717) is 37.9 Å². The number of rotatable bonds is 4. The first-order chi connectivity index (χ1) is 14.0. The number of furan rings is 1. The fraction of sp³-hybridized carbons (Fsp3) is 0.333. The predicted octanol–water partition coefficient (Wildman–Crippen LogP) is 2.96. The van der Waals surface area contributed by atoms with E-state index in [1.165, 1.54) is 4.57 Å². The second-order valence-corrected chi connectivity index (χ2v) is 7.53. The van der Waals surface area contributed by atoms with Crippen molar-refractivity contribution in [1.29, 1.82) is 0 Å². The van der Waals surface area contributed by atoms with Gasteiger partial charge in [-0.05, 0) is 17.7 Å². The third-order valence-electron chi connectivity index (χ3n) is 5.46. The summed E-state index contributed by atoms with van der Waals surface area (Å²) >= 11 is 0. The molecule has 0 atom stereocenters. The monoisotopic (exact) mass is 398 g/mol. The van der Waals surface area contributed by atoms with Crippen LogP contribution in [0.4, 0.5) is 14.7 Å². The second kappa shape index (κ2) is 6.81. The van der Waals surface area contributed by atoms with Crippen molar-refractivity contribution in [3.8, 4) is 0 Å². The first-order valence-electron chi connectivity index (χ1n) is 9.57. The van der Waals surface area contributed by atoms with E-state index < -0.39 is 18.0 Å². The van der Waals surface area contributed by atoms with Crippen LogP contribution in [0, 0.1) is 0 Å². The number of hydrogen-bond donors (Lipinski definition) is 0. The van der Waals surface area contributed by atoms with Gasteiger partial charge in [-0.2, -0.15) is 13.8 Å². The largest absolute Gasteiger partial charge is 0.467 e. The zero-order chi connectivity index (χ0) is 20.0. The Morgan fingerprint density at radius 3 is 2.66 bits per heavy atom. The molecule has 0 saturated heterocycles. The summed E-state index contributed by atoms with van der Waals surface area (Å²) in [6.07, 6.45) is 1.56. The van der Waals surface area contributed by atoms with Crippen LogP contribution in [0.5, 0.6) is 0 Å². The average Bonchev–Trinajstić information content (AvgIpc) is 3.33. The molecule has 0 amide bonds. The van der Waals surface area contributed by atoms with Gasteiger partial charge >= 0.3 is 5.92 Å². The Bertz CT molecular complexity index is 1080. The van der Waals surface area contributed by atoms with Gasteiger partial charge in [0.25, 0.3) is 5.56 Å². The van der Waals surface area contributed by atoms with Gasteiger partial charge in [0.2, 0.25) is 5.95 Å². The van der Waals surface area contributed by atoms with Gasteiger partial charge in [0.1, 0.15) is 11.5 Å². The van der Waals surface area contributed by atoms with E-state index >= 15 is 8.78 Å². The minimum Gasteiger partial charge on any atom is -0.467 e. The van der Waals surface area contributed by atoms with Gasteiger partial charge < -0.3 is 13.9 Å². The Hall–Kier alpha value is -3.00. The number of alkyl halides is 2. The quantitative estimate of drug-likeness (QED) is 0.676. The maximum atomic E-state index is 15.2. The number of hydrogen-bond acceptors (Lipinski definition) is 5. The van der Waals surface area contributed by atoms with Crippen LogP contribution in [0.1, 0.15) is 22.6 Å². The Morgan fingerprint density at radius 2 is 1.90 bits per heavy atom. The summed E-state index contributed by atoms with van der Waals surface area (Å²) in [6, 6.07) is 13.0. The number of anilines is 1. The van der Waals surface area contributed by atoms with Crippen molar-refractivity contribution >= 4 is 5.95 Å². The first-order valence-corrected chi connectivity index (χ1v) is 9.57. The van der Waals surface area contributed by atoms with E-state index in [9.17, 15) is 4.79 Å². The van der Waals surface area contributed by atoms with Gasteiger partial charge in [-0.1, -0.05) is 30.3 Å². The van der Waals surface area contributed by atoms with E-state index in [1.807, 2.05) is 41.3 Å². The summed E-state index contributed by atoms with van der Waals surface area (Å²) in [5, 5.41) is 0. The zero-order valence-corrected chi connectivity index (χ0v) is 15.7. The summed E-state index contributed by atoms with van der Waals surface area (Å²) in [7, 11) is 0. The molecule has 5 rings (SSSR count). The van der Waals surface area contributed by atoms with E-state index in [-0.39, 0.29) is 17.8 Å². The van der Waals surface area contributed by atoms with E-state index in [0.717, 1.165) is 5.56 Å². The lowest BCUT2D eigenvalue weighted by molar-refractivity contribution is -0.0621. The number of halogens is 2. The van der Waals surface area contributed by atoms with Crippen LogP contribution in [0.25, 0.3) is 0 Å². The number of nitrogens with zero attached hydrogens (tertiary/aromatic N) is 4. The highest BCUT2D eigenvalue weighted by Gasteiger charge is 2.46. The molecule has 0 radical (unpaired) electrons. The Morgan fingerprint density at radius 1 is 1.07 bits per heavy atom. The molecular weight excluding hydrogens is 378 g/mol. The van der Waals surface area contributed by atoms with Gasteiger partial charge in [-0.25, -0.2) is 0 Å². The second-order valence-electron chi connectivity index (χ2n) is 7.53. The van der Waals surface area contributed by atoms with Crippen LogP contribution in [0.3, 0.4) is 0 Å². The van der Waals surface area contributed by atoms with Gasteiger partial charge in [-0.15, -0.1) is 0 Å². The molecule has 1 aromatic carbocycles. The smallest absolute Gasteiger partial charge is 0.300 e. The van der Waals surface area contributed by atoms with Crippen molar-refractivity contribution < 1.29 is 13.2 Å². The highest BCUT2D eigenvalue weighted by molar-refractivity contribution is 5.42. The molecule has 3 aromatic rings. The van der Waals surface area contributed by atoms with Crippen LogP contribution < -0.4 is 10.5 Å².